The van der Waals surface area contributed by atoms with Gasteiger partial charge >= 0.3 is 0 Å². The van der Waals surface area contributed by atoms with Gasteiger partial charge in [0.05, 0.1) is 25.6 Å². The molecule has 3 rings (SSSR count). The second-order valence-electron chi connectivity index (χ2n) is 6.68. The standard InChI is InChI=1S/C20H27N5O3/c1-2-28-17-6-4-16(5-7-17)15-24-12-9-22-20(27)18(24)14-19(26)21-10-13-25-11-3-8-23-25/h3-8,11,18H,2,9-10,12-15H2,1H3,(H,21,26)(H,22,27)/t18-/m1/s1. The van der Waals surface area contributed by atoms with Crippen molar-refractivity contribution in [3.63, 3.8) is 0 Å². The Balaban J connectivity index is 1.53. The highest BCUT2D eigenvalue weighted by Gasteiger charge is 2.31. The van der Waals surface area contributed by atoms with Crippen LogP contribution in [-0.2, 0) is 22.7 Å². The van der Waals surface area contributed by atoms with Crippen LogP contribution in [-0.4, -0.2) is 58.8 Å². The van der Waals surface area contributed by atoms with E-state index in [2.05, 4.69) is 20.6 Å². The minimum Gasteiger partial charge on any atom is -0.494 e. The van der Waals surface area contributed by atoms with Gasteiger partial charge in [-0.25, -0.2) is 0 Å². The minimum absolute atomic E-state index is 0.0978. The highest BCUT2D eigenvalue weighted by molar-refractivity contribution is 5.88. The van der Waals surface area contributed by atoms with Crippen LogP contribution in [0.2, 0.25) is 0 Å². The van der Waals surface area contributed by atoms with E-state index in [4.69, 9.17) is 4.74 Å². The number of nitrogens with one attached hydrogen (secondary N) is 2. The average molecular weight is 385 g/mol. The Morgan fingerprint density at radius 1 is 1.36 bits per heavy atom. The number of nitrogens with zero attached hydrogens (tertiary/aromatic N) is 3. The van der Waals surface area contributed by atoms with Crippen LogP contribution in [0.15, 0.2) is 42.7 Å². The maximum absolute atomic E-state index is 12.4. The third-order valence-electron chi connectivity index (χ3n) is 4.66. The van der Waals surface area contributed by atoms with Crippen LogP contribution in [0.1, 0.15) is 18.9 Å². The van der Waals surface area contributed by atoms with Crippen molar-refractivity contribution >= 4 is 11.8 Å². The zero-order valence-electron chi connectivity index (χ0n) is 16.1. The van der Waals surface area contributed by atoms with Gasteiger partial charge in [-0.05, 0) is 30.7 Å². The van der Waals surface area contributed by atoms with E-state index in [1.165, 1.54) is 0 Å². The van der Waals surface area contributed by atoms with Crippen molar-refractivity contribution in [3.05, 3.63) is 48.3 Å². The zero-order valence-corrected chi connectivity index (χ0v) is 16.1. The average Bonchev–Trinajstić information content (AvgIpc) is 3.20. The first kappa shape index (κ1) is 19.9. The predicted octanol–water partition coefficient (Wildman–Crippen LogP) is 0.789. The fourth-order valence-electron chi connectivity index (χ4n) is 3.26. The van der Waals surface area contributed by atoms with E-state index in [1.807, 2.05) is 43.5 Å². The summed E-state index contributed by atoms with van der Waals surface area (Å²) in [5.74, 6) is 0.598. The topological polar surface area (TPSA) is 88.5 Å². The summed E-state index contributed by atoms with van der Waals surface area (Å²) < 4.78 is 7.22. The van der Waals surface area contributed by atoms with E-state index in [-0.39, 0.29) is 18.2 Å². The summed E-state index contributed by atoms with van der Waals surface area (Å²) in [6, 6.07) is 9.23. The van der Waals surface area contributed by atoms with Gasteiger partial charge in [-0.15, -0.1) is 0 Å². The molecular formula is C20H27N5O3. The lowest BCUT2D eigenvalue weighted by Crippen LogP contribution is -2.56. The molecule has 2 amide bonds. The molecule has 0 bridgehead atoms. The van der Waals surface area contributed by atoms with Gasteiger partial charge in [0.2, 0.25) is 11.8 Å². The minimum atomic E-state index is -0.468. The maximum atomic E-state index is 12.4. The Hall–Kier alpha value is -2.87. The van der Waals surface area contributed by atoms with Gasteiger partial charge in [-0.2, -0.15) is 5.10 Å². The van der Waals surface area contributed by atoms with Crippen LogP contribution in [0.4, 0.5) is 0 Å². The summed E-state index contributed by atoms with van der Waals surface area (Å²) in [5.41, 5.74) is 1.09. The smallest absolute Gasteiger partial charge is 0.237 e. The Kier molecular flexibility index (Phi) is 7.02. The van der Waals surface area contributed by atoms with Crippen molar-refractivity contribution < 1.29 is 14.3 Å². The third kappa shape index (κ3) is 5.56. The van der Waals surface area contributed by atoms with Crippen LogP contribution in [0.5, 0.6) is 5.75 Å². The summed E-state index contributed by atoms with van der Waals surface area (Å²) >= 11 is 0. The van der Waals surface area contributed by atoms with Gasteiger partial charge in [0, 0.05) is 38.6 Å². The molecule has 1 aliphatic heterocycles. The monoisotopic (exact) mass is 385 g/mol. The van der Waals surface area contributed by atoms with Gasteiger partial charge in [0.25, 0.3) is 0 Å². The first-order chi connectivity index (χ1) is 13.7. The lowest BCUT2D eigenvalue weighted by atomic mass is 10.1. The van der Waals surface area contributed by atoms with Crippen LogP contribution in [0, 0.1) is 0 Å². The van der Waals surface area contributed by atoms with Crippen LogP contribution in [0.25, 0.3) is 0 Å². The van der Waals surface area contributed by atoms with Gasteiger partial charge in [0.15, 0.2) is 0 Å². The Morgan fingerprint density at radius 3 is 2.89 bits per heavy atom. The number of carbonyl (C=O) groups excluding carboxylic acids is 2. The van der Waals surface area contributed by atoms with E-state index in [0.717, 1.165) is 11.3 Å². The Labute approximate surface area is 164 Å². The summed E-state index contributed by atoms with van der Waals surface area (Å²) in [6.45, 7) is 5.58. The van der Waals surface area contributed by atoms with E-state index in [1.54, 1.807) is 10.9 Å². The van der Waals surface area contributed by atoms with Crippen molar-refractivity contribution in [1.82, 2.24) is 25.3 Å². The molecule has 0 spiro atoms. The molecule has 2 aromatic rings. The van der Waals surface area contributed by atoms with E-state index < -0.39 is 6.04 Å². The summed E-state index contributed by atoms with van der Waals surface area (Å²) in [6.07, 6.45) is 3.69. The molecule has 0 aliphatic carbocycles. The second-order valence-corrected chi connectivity index (χ2v) is 6.68. The Morgan fingerprint density at radius 2 is 2.18 bits per heavy atom. The van der Waals surface area contributed by atoms with Crippen molar-refractivity contribution in [3.8, 4) is 5.75 Å². The number of rotatable bonds is 9. The molecule has 8 nitrogen and oxygen atoms in total. The molecule has 1 fully saturated rings. The van der Waals surface area contributed by atoms with E-state index in [0.29, 0.717) is 39.3 Å². The van der Waals surface area contributed by atoms with Crippen LogP contribution in [0.3, 0.4) is 0 Å². The molecule has 1 atom stereocenters. The lowest BCUT2D eigenvalue weighted by Gasteiger charge is -2.34. The number of hydrogen-bond donors (Lipinski definition) is 2. The molecule has 28 heavy (non-hydrogen) atoms. The lowest BCUT2D eigenvalue weighted by molar-refractivity contribution is -0.134. The molecule has 0 radical (unpaired) electrons. The first-order valence-corrected chi connectivity index (χ1v) is 9.63. The normalized spacial score (nSPS) is 17.2. The van der Waals surface area contributed by atoms with Crippen LogP contribution >= 0.6 is 0 Å². The number of aromatic nitrogens is 2. The number of ether oxygens (including phenoxy) is 1. The summed E-state index contributed by atoms with van der Waals surface area (Å²) in [5, 5.41) is 9.84. The number of piperazine rings is 1. The maximum Gasteiger partial charge on any atom is 0.237 e. The van der Waals surface area contributed by atoms with Gasteiger partial charge in [-0.3, -0.25) is 19.2 Å². The van der Waals surface area contributed by atoms with Gasteiger partial charge in [-0.1, -0.05) is 12.1 Å². The molecule has 1 aromatic heterocycles. The summed E-state index contributed by atoms with van der Waals surface area (Å²) in [4.78, 5) is 26.8. The van der Waals surface area contributed by atoms with Crippen molar-refractivity contribution in [2.24, 2.45) is 0 Å². The molecular weight excluding hydrogens is 358 g/mol. The number of amides is 2. The first-order valence-electron chi connectivity index (χ1n) is 9.63. The number of carbonyl (C=O) groups is 2. The summed E-state index contributed by atoms with van der Waals surface area (Å²) in [7, 11) is 0. The van der Waals surface area contributed by atoms with Gasteiger partial charge < -0.3 is 15.4 Å². The fourth-order valence-corrected chi connectivity index (χ4v) is 3.26. The fraction of sp³-hybridized carbons (Fsp3) is 0.450. The van der Waals surface area contributed by atoms with Crippen molar-refractivity contribution in [1.29, 1.82) is 0 Å². The SMILES string of the molecule is CCOc1ccc(CN2CCNC(=O)[C@H]2CC(=O)NCCn2cccn2)cc1. The zero-order chi connectivity index (χ0) is 19.8. The highest BCUT2D eigenvalue weighted by atomic mass is 16.5. The Bertz CT molecular complexity index is 761. The van der Waals surface area contributed by atoms with E-state index in [9.17, 15) is 9.59 Å². The highest BCUT2D eigenvalue weighted by Crippen LogP contribution is 2.17. The molecule has 2 N–H and O–H groups in total. The third-order valence-corrected chi connectivity index (χ3v) is 4.66. The van der Waals surface area contributed by atoms with Crippen molar-refractivity contribution in [2.45, 2.75) is 32.5 Å². The molecule has 1 saturated heterocycles. The predicted molar refractivity (Wildman–Crippen MR) is 105 cm³/mol. The molecule has 0 saturated carbocycles. The van der Waals surface area contributed by atoms with E-state index >= 15 is 0 Å². The quantitative estimate of drug-likeness (QED) is 0.666. The molecule has 0 unspecified atom stereocenters. The number of benzene rings is 1. The molecule has 2 heterocycles. The molecule has 1 aliphatic rings. The molecule has 8 heteroatoms. The van der Waals surface area contributed by atoms with Crippen LogP contribution < -0.4 is 15.4 Å². The molecule has 150 valence electrons. The second kappa shape index (κ2) is 9.89. The largest absolute Gasteiger partial charge is 0.494 e. The van der Waals surface area contributed by atoms with Crippen molar-refractivity contribution in [2.75, 3.05) is 26.2 Å². The number of hydrogen-bond acceptors (Lipinski definition) is 5. The van der Waals surface area contributed by atoms with Gasteiger partial charge in [0.1, 0.15) is 5.75 Å². The molecule has 1 aromatic carbocycles.